The summed E-state index contributed by atoms with van der Waals surface area (Å²) >= 11 is 5.88. The highest BCUT2D eigenvalue weighted by Crippen LogP contribution is 2.38. The van der Waals surface area contributed by atoms with E-state index >= 15 is 0 Å². The van der Waals surface area contributed by atoms with Gasteiger partial charge in [0.2, 0.25) is 0 Å². The molecule has 2 nitrogen and oxygen atoms in total. The van der Waals surface area contributed by atoms with Crippen molar-refractivity contribution in [3.8, 4) is 0 Å². The summed E-state index contributed by atoms with van der Waals surface area (Å²) in [5.41, 5.74) is 1.30. The molecular formula is C11H16ClNO. The molecule has 1 aliphatic rings. The van der Waals surface area contributed by atoms with Crippen LogP contribution in [0.1, 0.15) is 30.6 Å². The Kier molecular flexibility index (Phi) is 2.84. The molecule has 0 saturated carbocycles. The van der Waals surface area contributed by atoms with Crippen LogP contribution in [-0.4, -0.2) is 13.6 Å². The van der Waals surface area contributed by atoms with Crippen molar-refractivity contribution in [1.82, 2.24) is 5.32 Å². The van der Waals surface area contributed by atoms with Crippen LogP contribution in [0.15, 0.2) is 10.5 Å². The Bertz CT molecular complexity index is 321. The van der Waals surface area contributed by atoms with Gasteiger partial charge in [0.05, 0.1) is 0 Å². The van der Waals surface area contributed by atoms with Crippen molar-refractivity contribution < 1.29 is 4.42 Å². The molecule has 0 amide bonds. The Morgan fingerprint density at radius 2 is 2.43 bits per heavy atom. The van der Waals surface area contributed by atoms with E-state index in [-0.39, 0.29) is 0 Å². The minimum atomic E-state index is 0.483. The third-order valence-corrected chi connectivity index (χ3v) is 3.31. The molecule has 1 aromatic heterocycles. The minimum absolute atomic E-state index is 0.483. The predicted octanol–water partition coefficient (Wildman–Crippen LogP) is 2.82. The van der Waals surface area contributed by atoms with Crippen molar-refractivity contribution in [2.45, 2.75) is 25.7 Å². The van der Waals surface area contributed by atoms with E-state index in [2.05, 4.69) is 12.2 Å². The normalized spacial score (nSPS) is 26.2. The van der Waals surface area contributed by atoms with Gasteiger partial charge in [-0.05, 0) is 49.0 Å². The average Bonchev–Trinajstić information content (AvgIpc) is 2.51. The first-order valence-corrected chi connectivity index (χ1v) is 5.53. The van der Waals surface area contributed by atoms with Crippen molar-refractivity contribution in [3.63, 3.8) is 0 Å². The number of halogens is 1. The number of likely N-dealkylation sites (N-methyl/N-ethyl adjacent to an activating group) is 1. The van der Waals surface area contributed by atoms with E-state index in [4.69, 9.17) is 16.0 Å². The van der Waals surface area contributed by atoms with E-state index in [1.165, 1.54) is 12.0 Å². The van der Waals surface area contributed by atoms with Crippen LogP contribution in [0.5, 0.6) is 0 Å². The highest BCUT2D eigenvalue weighted by Gasteiger charge is 2.29. The lowest BCUT2D eigenvalue weighted by Gasteiger charge is -2.27. The summed E-state index contributed by atoms with van der Waals surface area (Å²) in [6.07, 6.45) is 2.34. The van der Waals surface area contributed by atoms with Crippen molar-refractivity contribution in [3.05, 3.63) is 22.6 Å². The largest absolute Gasteiger partial charge is 0.449 e. The quantitative estimate of drug-likeness (QED) is 0.818. The van der Waals surface area contributed by atoms with Crippen LogP contribution < -0.4 is 5.32 Å². The van der Waals surface area contributed by atoms with Gasteiger partial charge in [0.25, 0.3) is 0 Å². The number of aryl methyl sites for hydroxylation is 1. The monoisotopic (exact) mass is 213 g/mol. The van der Waals surface area contributed by atoms with Crippen LogP contribution in [0, 0.1) is 5.92 Å². The van der Waals surface area contributed by atoms with Crippen LogP contribution >= 0.6 is 11.6 Å². The first-order chi connectivity index (χ1) is 6.72. The molecule has 14 heavy (non-hydrogen) atoms. The molecule has 0 radical (unpaired) electrons. The number of hydrogen-bond donors (Lipinski definition) is 1. The molecule has 2 unspecified atom stereocenters. The molecule has 0 aliphatic heterocycles. The smallest absolute Gasteiger partial charge is 0.193 e. The van der Waals surface area contributed by atoms with Gasteiger partial charge < -0.3 is 9.73 Å². The fourth-order valence-electron chi connectivity index (χ4n) is 2.27. The summed E-state index contributed by atoms with van der Waals surface area (Å²) in [4.78, 5) is 0. The molecule has 1 aliphatic carbocycles. The summed E-state index contributed by atoms with van der Waals surface area (Å²) in [6, 6.07) is 1.96. The number of hydrogen-bond acceptors (Lipinski definition) is 2. The maximum absolute atomic E-state index is 5.88. The molecule has 2 atom stereocenters. The second-order valence-electron chi connectivity index (χ2n) is 4.12. The summed E-state index contributed by atoms with van der Waals surface area (Å²) in [5, 5.41) is 3.75. The van der Waals surface area contributed by atoms with Gasteiger partial charge in [-0.1, -0.05) is 6.92 Å². The molecule has 0 saturated heterocycles. The fraction of sp³-hybridized carbons (Fsp3) is 0.636. The molecule has 0 bridgehead atoms. The molecule has 2 rings (SSSR count). The summed E-state index contributed by atoms with van der Waals surface area (Å²) in [6.45, 7) is 3.25. The predicted molar refractivity (Wildman–Crippen MR) is 57.9 cm³/mol. The minimum Gasteiger partial charge on any atom is -0.449 e. The molecule has 0 fully saturated rings. The molecule has 78 valence electrons. The Hall–Kier alpha value is -0.470. The number of furan rings is 1. The zero-order chi connectivity index (χ0) is 10.1. The van der Waals surface area contributed by atoms with Crippen LogP contribution in [0.25, 0.3) is 0 Å². The van der Waals surface area contributed by atoms with Gasteiger partial charge in [0, 0.05) is 12.5 Å². The number of rotatable bonds is 2. The van der Waals surface area contributed by atoms with Crippen molar-refractivity contribution in [2.75, 3.05) is 13.6 Å². The van der Waals surface area contributed by atoms with E-state index in [1.54, 1.807) is 0 Å². The van der Waals surface area contributed by atoms with Gasteiger partial charge in [-0.2, -0.15) is 0 Å². The second kappa shape index (κ2) is 3.95. The highest BCUT2D eigenvalue weighted by molar-refractivity contribution is 6.28. The maximum atomic E-state index is 5.88. The lowest BCUT2D eigenvalue weighted by molar-refractivity contribution is 0.330. The van der Waals surface area contributed by atoms with Crippen LogP contribution in [0.3, 0.4) is 0 Å². The lowest BCUT2D eigenvalue weighted by atomic mass is 9.80. The molecule has 1 heterocycles. The molecule has 0 aromatic carbocycles. The molecule has 0 spiro atoms. The number of nitrogens with one attached hydrogen (secondary N) is 1. The van der Waals surface area contributed by atoms with Crippen LogP contribution in [-0.2, 0) is 6.42 Å². The lowest BCUT2D eigenvalue weighted by Crippen LogP contribution is -2.26. The molecule has 1 aromatic rings. The highest BCUT2D eigenvalue weighted by atomic mass is 35.5. The maximum Gasteiger partial charge on any atom is 0.193 e. The Morgan fingerprint density at radius 3 is 3.14 bits per heavy atom. The molecule has 1 N–H and O–H groups in total. The van der Waals surface area contributed by atoms with E-state index in [1.807, 2.05) is 13.1 Å². The standard InChI is InChI=1S/C11H16ClNO/c1-7-3-4-8-5-10(12)14-11(8)9(7)6-13-2/h5,7,9,13H,3-4,6H2,1-2H3. The Labute approximate surface area is 89.6 Å². The second-order valence-corrected chi connectivity index (χ2v) is 4.49. The third kappa shape index (κ3) is 1.69. The molecule has 3 heteroatoms. The topological polar surface area (TPSA) is 25.2 Å². The zero-order valence-corrected chi connectivity index (χ0v) is 9.40. The van der Waals surface area contributed by atoms with Gasteiger partial charge in [0.15, 0.2) is 5.22 Å². The van der Waals surface area contributed by atoms with Gasteiger partial charge in [0.1, 0.15) is 5.76 Å². The summed E-state index contributed by atoms with van der Waals surface area (Å²) in [5.74, 6) is 2.26. The zero-order valence-electron chi connectivity index (χ0n) is 8.64. The van der Waals surface area contributed by atoms with Crippen LogP contribution in [0.4, 0.5) is 0 Å². The summed E-state index contributed by atoms with van der Waals surface area (Å²) < 4.78 is 5.57. The summed E-state index contributed by atoms with van der Waals surface area (Å²) in [7, 11) is 1.98. The van der Waals surface area contributed by atoms with Gasteiger partial charge in [-0.15, -0.1) is 0 Å². The van der Waals surface area contributed by atoms with Crippen molar-refractivity contribution in [2.24, 2.45) is 5.92 Å². The van der Waals surface area contributed by atoms with E-state index in [0.717, 1.165) is 18.7 Å². The molecular weight excluding hydrogens is 198 g/mol. The Balaban J connectivity index is 2.30. The SMILES string of the molecule is CNCC1c2oc(Cl)cc2CCC1C. The Morgan fingerprint density at radius 1 is 1.64 bits per heavy atom. The fourth-order valence-corrected chi connectivity index (χ4v) is 2.49. The van der Waals surface area contributed by atoms with Crippen LogP contribution in [0.2, 0.25) is 5.22 Å². The van der Waals surface area contributed by atoms with Gasteiger partial charge >= 0.3 is 0 Å². The van der Waals surface area contributed by atoms with Crippen molar-refractivity contribution >= 4 is 11.6 Å². The number of fused-ring (bicyclic) bond motifs is 1. The van der Waals surface area contributed by atoms with Gasteiger partial charge in [-0.3, -0.25) is 0 Å². The van der Waals surface area contributed by atoms with E-state index < -0.39 is 0 Å². The van der Waals surface area contributed by atoms with E-state index in [0.29, 0.717) is 17.1 Å². The van der Waals surface area contributed by atoms with Gasteiger partial charge in [-0.25, -0.2) is 0 Å². The average molecular weight is 214 g/mol. The first-order valence-electron chi connectivity index (χ1n) is 5.15. The third-order valence-electron chi connectivity index (χ3n) is 3.13. The van der Waals surface area contributed by atoms with Crippen molar-refractivity contribution in [1.29, 1.82) is 0 Å². The first kappa shape index (κ1) is 10.1. The van der Waals surface area contributed by atoms with E-state index in [9.17, 15) is 0 Å².